The van der Waals surface area contributed by atoms with Gasteiger partial charge in [0, 0.05) is 47.3 Å². The Balaban J connectivity index is 3.23. The van der Waals surface area contributed by atoms with Crippen molar-refractivity contribution in [3.05, 3.63) is 0 Å². The lowest BCUT2D eigenvalue weighted by Crippen LogP contribution is -2.63. The number of carbonyl (C=O) groups is 4. The first kappa shape index (κ1) is 22.8. The van der Waals surface area contributed by atoms with E-state index in [9.17, 15) is 19.2 Å². The zero-order valence-electron chi connectivity index (χ0n) is 15.8. The minimum atomic E-state index is -1.35. The molecule has 1 saturated heterocycles. The number of nitrogens with one attached hydrogen (secondary N) is 1. The first-order valence-electron chi connectivity index (χ1n) is 8.40. The molecule has 1 aliphatic rings. The van der Waals surface area contributed by atoms with Gasteiger partial charge in [-0.05, 0) is 0 Å². The minimum Gasteiger partial charge on any atom is -0.456 e. The minimum absolute atomic E-state index is 0.150. The highest BCUT2D eigenvalue weighted by Crippen LogP contribution is 2.29. The molecule has 3 N–H and O–H groups in total. The van der Waals surface area contributed by atoms with Crippen LogP contribution in [0.1, 0.15) is 27.7 Å². The Morgan fingerprint density at radius 1 is 0.815 bits per heavy atom. The number of hydrogen-bond donors (Lipinski definition) is 2. The Labute approximate surface area is 156 Å². The van der Waals surface area contributed by atoms with Crippen LogP contribution in [0.3, 0.4) is 0 Å². The summed E-state index contributed by atoms with van der Waals surface area (Å²) in [6.45, 7) is 5.54. The third kappa shape index (κ3) is 7.49. The van der Waals surface area contributed by atoms with Gasteiger partial charge in [0.25, 0.3) is 0 Å². The van der Waals surface area contributed by atoms with Crippen molar-refractivity contribution in [2.45, 2.75) is 58.4 Å². The molecule has 0 radical (unpaired) electrons. The highest BCUT2D eigenvalue weighted by atomic mass is 16.7. The fraction of sp³-hybridized carbons (Fsp3) is 0.750. The molecule has 0 amide bonds. The second kappa shape index (κ2) is 10.8. The van der Waals surface area contributed by atoms with Gasteiger partial charge in [-0.15, -0.1) is 0 Å². The highest BCUT2D eigenvalue weighted by molar-refractivity contribution is 5.69. The van der Waals surface area contributed by atoms with Crippen LogP contribution in [0.15, 0.2) is 0 Å². The van der Waals surface area contributed by atoms with Crippen molar-refractivity contribution >= 4 is 23.9 Å². The smallest absolute Gasteiger partial charge is 0.305 e. The van der Waals surface area contributed by atoms with E-state index in [0.717, 1.165) is 20.8 Å². The van der Waals surface area contributed by atoms with Crippen LogP contribution in [0.4, 0.5) is 0 Å². The van der Waals surface area contributed by atoms with Crippen LogP contribution in [-0.4, -0.2) is 74.2 Å². The maximum absolute atomic E-state index is 11.6. The molecule has 0 aromatic carbocycles. The van der Waals surface area contributed by atoms with Crippen molar-refractivity contribution in [3.8, 4) is 0 Å². The van der Waals surface area contributed by atoms with Crippen LogP contribution in [0.5, 0.6) is 0 Å². The van der Waals surface area contributed by atoms with Gasteiger partial charge in [0.05, 0.1) is 0 Å². The third-order valence-electron chi connectivity index (χ3n) is 3.45. The van der Waals surface area contributed by atoms with Crippen molar-refractivity contribution in [2.75, 3.05) is 19.6 Å². The molecule has 3 unspecified atom stereocenters. The molecule has 0 bridgehead atoms. The lowest BCUT2D eigenvalue weighted by Gasteiger charge is -2.43. The summed E-state index contributed by atoms with van der Waals surface area (Å²) >= 11 is 0. The van der Waals surface area contributed by atoms with Crippen LogP contribution in [0.2, 0.25) is 0 Å². The van der Waals surface area contributed by atoms with E-state index in [4.69, 9.17) is 29.4 Å². The summed E-state index contributed by atoms with van der Waals surface area (Å²) < 4.78 is 26.4. The SMILES string of the molecule is CC(=O)OC1C(OC(C)=O)[C@H](OC(C)=O)C(CNCCN)O[C@H]1OC(C)=O. The number of ether oxygens (including phenoxy) is 5. The van der Waals surface area contributed by atoms with Gasteiger partial charge in [0.1, 0.15) is 6.10 Å². The summed E-state index contributed by atoms with van der Waals surface area (Å²) in [5.41, 5.74) is 5.44. The Kier molecular flexibility index (Phi) is 9.12. The molecule has 0 saturated carbocycles. The van der Waals surface area contributed by atoms with Gasteiger partial charge in [0.2, 0.25) is 12.4 Å². The van der Waals surface area contributed by atoms with E-state index < -0.39 is 54.6 Å². The topological polar surface area (TPSA) is 152 Å². The van der Waals surface area contributed by atoms with Crippen molar-refractivity contribution < 1.29 is 42.9 Å². The first-order valence-corrected chi connectivity index (χ1v) is 8.40. The maximum Gasteiger partial charge on any atom is 0.305 e. The molecule has 0 spiro atoms. The zero-order valence-corrected chi connectivity index (χ0v) is 15.8. The zero-order chi connectivity index (χ0) is 20.6. The predicted octanol–water partition coefficient (Wildman–Crippen LogP) is -1.38. The van der Waals surface area contributed by atoms with Gasteiger partial charge in [-0.2, -0.15) is 0 Å². The molecule has 0 aromatic rings. The molecule has 11 heteroatoms. The average molecular weight is 390 g/mol. The summed E-state index contributed by atoms with van der Waals surface area (Å²) in [6.07, 6.45) is -5.87. The molecule has 1 heterocycles. The molecule has 154 valence electrons. The van der Waals surface area contributed by atoms with E-state index in [0.29, 0.717) is 13.1 Å². The lowest BCUT2D eigenvalue weighted by molar-refractivity contribution is -0.294. The quantitative estimate of drug-likeness (QED) is 0.286. The van der Waals surface area contributed by atoms with Crippen molar-refractivity contribution in [1.82, 2.24) is 5.32 Å². The van der Waals surface area contributed by atoms with E-state index in [2.05, 4.69) is 5.32 Å². The number of nitrogens with two attached hydrogens (primary N) is 1. The van der Waals surface area contributed by atoms with Gasteiger partial charge in [-0.1, -0.05) is 0 Å². The van der Waals surface area contributed by atoms with Crippen LogP contribution in [0, 0.1) is 0 Å². The lowest BCUT2D eigenvalue weighted by atomic mass is 9.97. The van der Waals surface area contributed by atoms with Crippen molar-refractivity contribution in [1.29, 1.82) is 0 Å². The van der Waals surface area contributed by atoms with E-state index in [1.807, 2.05) is 0 Å². The van der Waals surface area contributed by atoms with Crippen LogP contribution in [0.25, 0.3) is 0 Å². The second-order valence-corrected chi connectivity index (χ2v) is 5.87. The summed E-state index contributed by atoms with van der Waals surface area (Å²) in [6, 6.07) is 0. The normalized spacial score (nSPS) is 27.4. The van der Waals surface area contributed by atoms with Crippen LogP contribution in [-0.2, 0) is 42.9 Å². The average Bonchev–Trinajstić information content (AvgIpc) is 2.52. The van der Waals surface area contributed by atoms with Gasteiger partial charge in [-0.3, -0.25) is 19.2 Å². The number of rotatable bonds is 8. The fourth-order valence-electron chi connectivity index (χ4n) is 2.62. The van der Waals surface area contributed by atoms with Crippen LogP contribution >= 0.6 is 0 Å². The summed E-state index contributed by atoms with van der Waals surface area (Å²) in [5, 5.41) is 2.98. The number of esters is 4. The largest absolute Gasteiger partial charge is 0.456 e. The summed E-state index contributed by atoms with van der Waals surface area (Å²) in [5.74, 6) is -2.78. The monoisotopic (exact) mass is 390 g/mol. The predicted molar refractivity (Wildman–Crippen MR) is 89.0 cm³/mol. The Morgan fingerprint density at radius 2 is 1.30 bits per heavy atom. The molecule has 0 aromatic heterocycles. The molecular weight excluding hydrogens is 364 g/mol. The number of hydrogen-bond acceptors (Lipinski definition) is 11. The summed E-state index contributed by atoms with van der Waals surface area (Å²) in [7, 11) is 0. The molecule has 1 rings (SSSR count). The third-order valence-corrected chi connectivity index (χ3v) is 3.45. The van der Waals surface area contributed by atoms with Gasteiger partial charge in [0.15, 0.2) is 12.2 Å². The van der Waals surface area contributed by atoms with Gasteiger partial charge in [-0.25, -0.2) is 0 Å². The number of carbonyl (C=O) groups excluding carboxylic acids is 4. The van der Waals surface area contributed by atoms with Gasteiger partial charge < -0.3 is 34.7 Å². The molecule has 0 aliphatic carbocycles. The molecular formula is C16H26N2O9. The highest BCUT2D eigenvalue weighted by Gasteiger charge is 2.53. The molecule has 1 aliphatic heterocycles. The fourth-order valence-corrected chi connectivity index (χ4v) is 2.62. The van der Waals surface area contributed by atoms with E-state index in [1.165, 1.54) is 6.92 Å². The van der Waals surface area contributed by atoms with Crippen molar-refractivity contribution in [3.63, 3.8) is 0 Å². The second-order valence-electron chi connectivity index (χ2n) is 5.87. The molecule has 5 atom stereocenters. The Morgan fingerprint density at radius 3 is 1.78 bits per heavy atom. The maximum atomic E-state index is 11.6. The Hall–Kier alpha value is -2.24. The molecule has 1 fully saturated rings. The standard InChI is InChI=1S/C16H26N2O9/c1-8(19)23-13-12(7-18-6-5-17)27-16(26-11(4)22)15(25-10(3)21)14(13)24-9(2)20/h12-16,18H,5-7,17H2,1-4H3/t12?,13-,14?,15?,16-/m1/s1. The van der Waals surface area contributed by atoms with E-state index in [1.54, 1.807) is 0 Å². The first-order chi connectivity index (χ1) is 12.6. The van der Waals surface area contributed by atoms with Crippen LogP contribution < -0.4 is 11.1 Å². The van der Waals surface area contributed by atoms with Gasteiger partial charge >= 0.3 is 23.9 Å². The van der Waals surface area contributed by atoms with Crippen molar-refractivity contribution in [2.24, 2.45) is 5.73 Å². The Bertz CT molecular complexity index is 554. The van der Waals surface area contributed by atoms with E-state index >= 15 is 0 Å². The molecule has 27 heavy (non-hydrogen) atoms. The summed E-state index contributed by atoms with van der Waals surface area (Å²) in [4.78, 5) is 46.1. The molecule has 11 nitrogen and oxygen atoms in total. The van der Waals surface area contributed by atoms with E-state index in [-0.39, 0.29) is 6.54 Å².